The van der Waals surface area contributed by atoms with Crippen molar-refractivity contribution in [2.24, 2.45) is 0 Å². The van der Waals surface area contributed by atoms with Crippen molar-refractivity contribution in [3.63, 3.8) is 0 Å². The summed E-state index contributed by atoms with van der Waals surface area (Å²) in [6.45, 7) is 4.67. The van der Waals surface area contributed by atoms with Crippen molar-refractivity contribution in [2.45, 2.75) is 44.7 Å². The maximum absolute atomic E-state index is 8.90. The topological polar surface area (TPSA) is 35.5 Å². The molecule has 3 nitrogen and oxygen atoms in total. The molecule has 1 atom stereocenters. The molecular weight excluding hydrogens is 200 g/mol. The highest BCUT2D eigenvalue weighted by atomic mass is 16.3. The van der Waals surface area contributed by atoms with Gasteiger partial charge in [0.05, 0.1) is 12.8 Å². The third-order valence-corrected chi connectivity index (χ3v) is 2.95. The fourth-order valence-corrected chi connectivity index (χ4v) is 2.02. The summed E-state index contributed by atoms with van der Waals surface area (Å²) in [4.78, 5) is 2.17. The summed E-state index contributed by atoms with van der Waals surface area (Å²) < 4.78 is 0. The van der Waals surface area contributed by atoms with Crippen molar-refractivity contribution in [3.05, 3.63) is 25.1 Å². The van der Waals surface area contributed by atoms with Crippen LogP contribution in [-0.4, -0.2) is 29.3 Å². The highest BCUT2D eigenvalue weighted by molar-refractivity contribution is 4.93. The van der Waals surface area contributed by atoms with Gasteiger partial charge in [-0.2, -0.15) is 0 Å². The summed E-state index contributed by atoms with van der Waals surface area (Å²) in [5.41, 5.74) is 0. The number of rotatable bonds is 9. The maximum Gasteiger partial charge on any atom is 0.0982 e. The van der Waals surface area contributed by atoms with Gasteiger partial charge in [0.1, 0.15) is 0 Å². The second-order valence-electron chi connectivity index (χ2n) is 4.24. The SMILES string of the molecule is C=CCCCCCCC1NC=CN1CCO. The normalized spacial score (nSPS) is 18.8. The Kier molecular flexibility index (Phi) is 6.74. The van der Waals surface area contributed by atoms with Crippen molar-refractivity contribution in [3.8, 4) is 0 Å². The van der Waals surface area contributed by atoms with Gasteiger partial charge in [-0.1, -0.05) is 18.9 Å². The summed E-state index contributed by atoms with van der Waals surface area (Å²) in [6, 6.07) is 0. The Bertz CT molecular complexity index is 216. The van der Waals surface area contributed by atoms with Crippen LogP contribution in [0.1, 0.15) is 38.5 Å². The van der Waals surface area contributed by atoms with Gasteiger partial charge in [-0.05, 0) is 25.7 Å². The zero-order valence-corrected chi connectivity index (χ0v) is 10.1. The van der Waals surface area contributed by atoms with Crippen molar-refractivity contribution >= 4 is 0 Å². The van der Waals surface area contributed by atoms with E-state index >= 15 is 0 Å². The molecule has 1 unspecified atom stereocenters. The molecule has 3 heteroatoms. The van der Waals surface area contributed by atoms with Crippen LogP contribution in [0.5, 0.6) is 0 Å². The smallest absolute Gasteiger partial charge is 0.0982 e. The minimum atomic E-state index is 0.224. The third kappa shape index (κ3) is 4.71. The number of β-amino-alcohol motifs (C(OH)–C–C–N with tert-alkyl or cyclic N) is 1. The van der Waals surface area contributed by atoms with Crippen molar-refractivity contribution in [2.75, 3.05) is 13.2 Å². The van der Waals surface area contributed by atoms with Gasteiger partial charge >= 0.3 is 0 Å². The van der Waals surface area contributed by atoms with Gasteiger partial charge in [0.2, 0.25) is 0 Å². The Morgan fingerprint density at radius 2 is 2.12 bits per heavy atom. The quantitative estimate of drug-likeness (QED) is 0.465. The van der Waals surface area contributed by atoms with E-state index in [4.69, 9.17) is 5.11 Å². The number of allylic oxidation sites excluding steroid dienone is 1. The zero-order chi connectivity index (χ0) is 11.6. The van der Waals surface area contributed by atoms with Crippen LogP contribution in [0.4, 0.5) is 0 Å². The van der Waals surface area contributed by atoms with Crippen molar-refractivity contribution in [1.82, 2.24) is 10.2 Å². The van der Waals surface area contributed by atoms with Crippen LogP contribution in [0.15, 0.2) is 25.1 Å². The number of nitrogens with one attached hydrogen (secondary N) is 1. The van der Waals surface area contributed by atoms with Crippen LogP contribution < -0.4 is 5.32 Å². The molecular formula is C13H24N2O. The lowest BCUT2D eigenvalue weighted by Crippen LogP contribution is -2.36. The van der Waals surface area contributed by atoms with Crippen molar-refractivity contribution in [1.29, 1.82) is 0 Å². The lowest BCUT2D eigenvalue weighted by molar-refractivity contribution is 0.194. The van der Waals surface area contributed by atoms with Gasteiger partial charge in [-0.3, -0.25) is 0 Å². The monoisotopic (exact) mass is 224 g/mol. The van der Waals surface area contributed by atoms with Crippen LogP contribution in [-0.2, 0) is 0 Å². The molecule has 0 amide bonds. The lowest BCUT2D eigenvalue weighted by atomic mass is 10.1. The van der Waals surface area contributed by atoms with E-state index in [0.717, 1.165) is 19.4 Å². The molecule has 1 aliphatic rings. The Morgan fingerprint density at radius 3 is 2.88 bits per heavy atom. The number of hydrogen-bond donors (Lipinski definition) is 2. The average Bonchev–Trinajstić information content (AvgIpc) is 2.72. The summed E-state index contributed by atoms with van der Waals surface area (Å²) in [7, 11) is 0. The minimum absolute atomic E-state index is 0.224. The Labute approximate surface area is 98.8 Å². The molecule has 0 fully saturated rings. The van der Waals surface area contributed by atoms with Gasteiger partial charge in [-0.15, -0.1) is 6.58 Å². The first-order chi connectivity index (χ1) is 7.88. The van der Waals surface area contributed by atoms with Gasteiger partial charge in [-0.25, -0.2) is 0 Å². The van der Waals surface area contributed by atoms with Crippen molar-refractivity contribution < 1.29 is 5.11 Å². The van der Waals surface area contributed by atoms with E-state index in [1.165, 1.54) is 25.7 Å². The first kappa shape index (κ1) is 13.1. The molecule has 0 saturated carbocycles. The maximum atomic E-state index is 8.90. The molecule has 0 aromatic carbocycles. The summed E-state index contributed by atoms with van der Waals surface area (Å²) in [5, 5.41) is 12.2. The standard InChI is InChI=1S/C13H24N2O/c1-2-3-4-5-6-7-8-13-14-9-10-15(13)11-12-16/h2,9-10,13-14,16H,1,3-8,11-12H2. The molecule has 1 rings (SSSR count). The molecule has 0 aromatic heterocycles. The van der Waals surface area contributed by atoms with Gasteiger partial charge in [0.25, 0.3) is 0 Å². The van der Waals surface area contributed by atoms with Gasteiger partial charge in [0.15, 0.2) is 0 Å². The van der Waals surface area contributed by atoms with E-state index in [-0.39, 0.29) is 6.61 Å². The highest BCUT2D eigenvalue weighted by Crippen LogP contribution is 2.13. The molecule has 2 N–H and O–H groups in total. The predicted octanol–water partition coefficient (Wildman–Crippen LogP) is 2.21. The van der Waals surface area contributed by atoms with Crippen LogP contribution in [0.3, 0.4) is 0 Å². The van der Waals surface area contributed by atoms with Crippen LogP contribution >= 0.6 is 0 Å². The third-order valence-electron chi connectivity index (χ3n) is 2.95. The molecule has 0 spiro atoms. The van der Waals surface area contributed by atoms with Crippen LogP contribution in [0.2, 0.25) is 0 Å². The Morgan fingerprint density at radius 1 is 1.31 bits per heavy atom. The lowest BCUT2D eigenvalue weighted by Gasteiger charge is -2.24. The number of aliphatic hydroxyl groups excluding tert-OH is 1. The molecule has 1 aliphatic heterocycles. The first-order valence-electron chi connectivity index (χ1n) is 6.28. The Hall–Kier alpha value is -0.960. The molecule has 0 saturated heterocycles. The second kappa shape index (κ2) is 8.22. The number of aliphatic hydroxyl groups is 1. The van der Waals surface area contributed by atoms with Crippen LogP contribution in [0, 0.1) is 0 Å². The Balaban J connectivity index is 2.02. The molecule has 1 heterocycles. The molecule has 16 heavy (non-hydrogen) atoms. The largest absolute Gasteiger partial charge is 0.395 e. The number of hydrogen-bond acceptors (Lipinski definition) is 3. The number of unbranched alkanes of at least 4 members (excludes halogenated alkanes) is 4. The van der Waals surface area contributed by atoms with E-state index in [0.29, 0.717) is 6.17 Å². The molecule has 0 aromatic rings. The number of nitrogens with zero attached hydrogens (tertiary/aromatic N) is 1. The molecule has 92 valence electrons. The van der Waals surface area contributed by atoms with E-state index < -0.39 is 0 Å². The zero-order valence-electron chi connectivity index (χ0n) is 10.1. The second-order valence-corrected chi connectivity index (χ2v) is 4.24. The van der Waals surface area contributed by atoms with Gasteiger partial charge in [0, 0.05) is 18.9 Å². The van der Waals surface area contributed by atoms with E-state index in [1.807, 2.05) is 18.5 Å². The summed E-state index contributed by atoms with van der Waals surface area (Å²) in [5.74, 6) is 0. The predicted molar refractivity (Wildman–Crippen MR) is 67.8 cm³/mol. The first-order valence-corrected chi connectivity index (χ1v) is 6.28. The molecule has 0 aliphatic carbocycles. The van der Waals surface area contributed by atoms with E-state index in [9.17, 15) is 0 Å². The fraction of sp³-hybridized carbons (Fsp3) is 0.692. The van der Waals surface area contributed by atoms with Crippen LogP contribution in [0.25, 0.3) is 0 Å². The highest BCUT2D eigenvalue weighted by Gasteiger charge is 2.16. The fourth-order valence-electron chi connectivity index (χ4n) is 2.02. The molecule has 0 radical (unpaired) electrons. The molecule has 0 bridgehead atoms. The minimum Gasteiger partial charge on any atom is -0.395 e. The van der Waals surface area contributed by atoms with E-state index in [2.05, 4.69) is 16.8 Å². The van der Waals surface area contributed by atoms with E-state index in [1.54, 1.807) is 0 Å². The summed E-state index contributed by atoms with van der Waals surface area (Å²) in [6.07, 6.45) is 13.8. The van der Waals surface area contributed by atoms with Gasteiger partial charge < -0.3 is 15.3 Å². The summed E-state index contributed by atoms with van der Waals surface area (Å²) >= 11 is 0. The average molecular weight is 224 g/mol.